The molecule has 0 unspecified atom stereocenters. The minimum atomic E-state index is -3.67. The van der Waals surface area contributed by atoms with Crippen molar-refractivity contribution in [2.24, 2.45) is 0 Å². The Labute approximate surface area is 176 Å². The molecule has 4 aromatic rings. The number of rotatable bonds is 3. The van der Waals surface area contributed by atoms with E-state index in [1.165, 1.54) is 6.07 Å². The first kappa shape index (κ1) is 18.3. The third kappa shape index (κ3) is 3.12. The van der Waals surface area contributed by atoms with E-state index in [1.54, 1.807) is 24.5 Å². The van der Waals surface area contributed by atoms with Crippen LogP contribution in [-0.2, 0) is 0 Å². The lowest BCUT2D eigenvalue weighted by Gasteiger charge is -2.22. The fourth-order valence-electron chi connectivity index (χ4n) is 4.32. The van der Waals surface area contributed by atoms with Gasteiger partial charge in [-0.2, -0.15) is 5.10 Å². The minimum Gasteiger partial charge on any atom is -0.395 e. The molecule has 2 aliphatic heterocycles. The molecular weight excluding hydrogens is 404 g/mol. The van der Waals surface area contributed by atoms with Crippen molar-refractivity contribution in [3.63, 3.8) is 0 Å². The smallest absolute Gasteiger partial charge is 0.395 e. The molecular formula is C22H19F2N5O2. The molecule has 3 aromatic heterocycles. The number of alkyl halides is 2. The highest BCUT2D eigenvalue weighted by Gasteiger charge is 2.44. The molecule has 0 bridgehead atoms. The largest absolute Gasteiger partial charge is 0.586 e. The van der Waals surface area contributed by atoms with Gasteiger partial charge in [0, 0.05) is 46.2 Å². The van der Waals surface area contributed by atoms with Gasteiger partial charge in [0.05, 0.1) is 12.2 Å². The molecule has 0 radical (unpaired) electrons. The second kappa shape index (κ2) is 6.78. The van der Waals surface area contributed by atoms with Gasteiger partial charge in [0.15, 0.2) is 11.5 Å². The number of piperidine rings is 1. The molecule has 158 valence electrons. The molecule has 6 rings (SSSR count). The number of aromatic nitrogens is 4. The molecule has 0 saturated carbocycles. The Balaban J connectivity index is 1.40. The van der Waals surface area contributed by atoms with Crippen LogP contribution in [0.2, 0.25) is 0 Å². The van der Waals surface area contributed by atoms with Crippen molar-refractivity contribution in [1.82, 2.24) is 25.1 Å². The molecule has 0 aliphatic carbocycles. The number of halogens is 2. The number of nitrogens with zero attached hydrogens (tertiary/aromatic N) is 3. The fraction of sp³-hybridized carbons (Fsp3) is 0.273. The average molecular weight is 423 g/mol. The van der Waals surface area contributed by atoms with Crippen molar-refractivity contribution in [3.8, 4) is 33.8 Å². The number of H-pyrrole nitrogens is 1. The molecule has 31 heavy (non-hydrogen) atoms. The van der Waals surface area contributed by atoms with Crippen LogP contribution in [-0.4, -0.2) is 39.1 Å². The first-order chi connectivity index (χ1) is 15.1. The summed E-state index contributed by atoms with van der Waals surface area (Å²) >= 11 is 0. The van der Waals surface area contributed by atoms with Gasteiger partial charge in [-0.05, 0) is 38.1 Å². The van der Waals surface area contributed by atoms with Crippen molar-refractivity contribution in [2.75, 3.05) is 13.1 Å². The first-order valence-corrected chi connectivity index (χ1v) is 10.2. The third-order valence-electron chi connectivity index (χ3n) is 5.87. The second-order valence-corrected chi connectivity index (χ2v) is 7.81. The fourth-order valence-corrected chi connectivity index (χ4v) is 4.32. The molecule has 0 atom stereocenters. The minimum absolute atomic E-state index is 0.0178. The number of fused-ring (bicyclic) bond motifs is 2. The van der Waals surface area contributed by atoms with Gasteiger partial charge in [-0.1, -0.05) is 12.1 Å². The summed E-state index contributed by atoms with van der Waals surface area (Å²) in [5.74, 6) is 0.0433. The highest BCUT2D eigenvalue weighted by molar-refractivity contribution is 5.97. The number of benzene rings is 1. The van der Waals surface area contributed by atoms with E-state index in [-0.39, 0.29) is 11.5 Å². The van der Waals surface area contributed by atoms with Gasteiger partial charge >= 0.3 is 6.29 Å². The quantitative estimate of drug-likeness (QED) is 0.513. The van der Waals surface area contributed by atoms with Crippen molar-refractivity contribution in [3.05, 3.63) is 49.1 Å². The zero-order valence-corrected chi connectivity index (χ0v) is 16.4. The van der Waals surface area contributed by atoms with Crippen LogP contribution in [0.4, 0.5) is 8.78 Å². The van der Waals surface area contributed by atoms with Crippen molar-refractivity contribution in [1.29, 1.82) is 0 Å². The first-order valence-electron chi connectivity index (χ1n) is 10.2. The number of hydrogen-bond acceptors (Lipinski definition) is 5. The summed E-state index contributed by atoms with van der Waals surface area (Å²) in [6.45, 7) is 1.98. The Kier molecular flexibility index (Phi) is 4.01. The third-order valence-corrected chi connectivity index (χ3v) is 5.87. The van der Waals surface area contributed by atoms with Crippen LogP contribution in [0.15, 0.2) is 49.1 Å². The number of aromatic amines is 1. The standard InChI is InChI=1S/C22H19F2N5O2/c23-22(24)30-19-3-1-2-16(20(19)31-22)18-11-27-21-17(18)8-13(9-26-21)14-10-28-29(12-14)15-4-6-25-7-5-15/h1-3,8-12,15,25H,4-7H2,(H,26,27). The number of para-hydroxylation sites is 1. The van der Waals surface area contributed by atoms with E-state index in [2.05, 4.69) is 25.1 Å². The SMILES string of the molecule is FC1(F)Oc2cccc(-c3c[nH]c4ncc(-c5cnn(C6CCNCC6)c5)cc34)c2O1. The lowest BCUT2D eigenvalue weighted by molar-refractivity contribution is -0.286. The number of nitrogens with one attached hydrogen (secondary N) is 2. The lowest BCUT2D eigenvalue weighted by Crippen LogP contribution is -2.29. The van der Waals surface area contributed by atoms with Crippen LogP contribution in [0.5, 0.6) is 11.5 Å². The summed E-state index contributed by atoms with van der Waals surface area (Å²) in [5.41, 5.74) is 3.76. The van der Waals surface area contributed by atoms with Crippen molar-refractivity contribution < 1.29 is 18.3 Å². The van der Waals surface area contributed by atoms with Gasteiger partial charge in [0.1, 0.15) is 5.65 Å². The molecule has 1 fully saturated rings. The van der Waals surface area contributed by atoms with Gasteiger partial charge in [0.2, 0.25) is 0 Å². The molecule has 0 amide bonds. The average Bonchev–Trinajstić information content (AvgIpc) is 3.49. The predicted molar refractivity (Wildman–Crippen MR) is 110 cm³/mol. The summed E-state index contributed by atoms with van der Waals surface area (Å²) in [6.07, 6.45) is 5.85. The molecule has 0 spiro atoms. The van der Waals surface area contributed by atoms with Gasteiger partial charge in [-0.25, -0.2) is 4.98 Å². The van der Waals surface area contributed by atoms with Gasteiger partial charge in [0.25, 0.3) is 0 Å². The molecule has 1 aromatic carbocycles. The van der Waals surface area contributed by atoms with E-state index in [1.807, 2.05) is 23.1 Å². The Hall–Kier alpha value is -3.46. The van der Waals surface area contributed by atoms with Gasteiger partial charge in [-0.15, -0.1) is 8.78 Å². The molecule has 2 aliphatic rings. The Morgan fingerprint density at radius 3 is 2.81 bits per heavy atom. The molecule has 7 nitrogen and oxygen atoms in total. The molecule has 1 saturated heterocycles. The highest BCUT2D eigenvalue weighted by atomic mass is 19.3. The summed E-state index contributed by atoms with van der Waals surface area (Å²) in [7, 11) is 0. The summed E-state index contributed by atoms with van der Waals surface area (Å²) in [5, 5.41) is 8.73. The van der Waals surface area contributed by atoms with Crippen LogP contribution in [0.1, 0.15) is 18.9 Å². The van der Waals surface area contributed by atoms with Crippen molar-refractivity contribution >= 4 is 11.0 Å². The normalized spacial score (nSPS) is 18.0. The topological polar surface area (TPSA) is 77.0 Å². The van der Waals surface area contributed by atoms with E-state index in [0.717, 1.165) is 42.4 Å². The van der Waals surface area contributed by atoms with Crippen LogP contribution >= 0.6 is 0 Å². The van der Waals surface area contributed by atoms with Crippen LogP contribution in [0, 0.1) is 0 Å². The Morgan fingerprint density at radius 1 is 1.06 bits per heavy atom. The highest BCUT2D eigenvalue weighted by Crippen LogP contribution is 2.48. The summed E-state index contributed by atoms with van der Waals surface area (Å²) in [4.78, 5) is 7.64. The van der Waals surface area contributed by atoms with E-state index in [0.29, 0.717) is 22.8 Å². The summed E-state index contributed by atoms with van der Waals surface area (Å²) in [6, 6.07) is 7.24. The summed E-state index contributed by atoms with van der Waals surface area (Å²) < 4.78 is 38.7. The zero-order chi connectivity index (χ0) is 21.0. The van der Waals surface area contributed by atoms with Gasteiger partial charge in [-0.3, -0.25) is 4.68 Å². The lowest BCUT2D eigenvalue weighted by atomic mass is 10.0. The Morgan fingerprint density at radius 2 is 1.94 bits per heavy atom. The monoisotopic (exact) mass is 423 g/mol. The van der Waals surface area contributed by atoms with Gasteiger partial charge < -0.3 is 19.8 Å². The van der Waals surface area contributed by atoms with Crippen LogP contribution in [0.25, 0.3) is 33.3 Å². The predicted octanol–water partition coefficient (Wildman–Crippen LogP) is 4.34. The molecule has 5 heterocycles. The van der Waals surface area contributed by atoms with E-state index in [4.69, 9.17) is 4.74 Å². The molecule has 9 heteroatoms. The number of hydrogen-bond donors (Lipinski definition) is 2. The maximum atomic E-state index is 13.6. The maximum Gasteiger partial charge on any atom is 0.586 e. The van der Waals surface area contributed by atoms with Crippen LogP contribution in [0.3, 0.4) is 0 Å². The van der Waals surface area contributed by atoms with E-state index in [9.17, 15) is 8.78 Å². The maximum absolute atomic E-state index is 13.6. The van der Waals surface area contributed by atoms with E-state index >= 15 is 0 Å². The van der Waals surface area contributed by atoms with E-state index < -0.39 is 6.29 Å². The van der Waals surface area contributed by atoms with Crippen molar-refractivity contribution in [2.45, 2.75) is 25.2 Å². The zero-order valence-electron chi connectivity index (χ0n) is 16.4. The molecule has 2 N–H and O–H groups in total. The number of pyridine rings is 1. The Bertz CT molecular complexity index is 1280. The number of ether oxygens (including phenoxy) is 2. The second-order valence-electron chi connectivity index (χ2n) is 7.81. The van der Waals surface area contributed by atoms with Crippen LogP contribution < -0.4 is 14.8 Å².